The molecule has 1 aromatic carbocycles. The highest BCUT2D eigenvalue weighted by atomic mass is 32.2. The fraction of sp³-hybridized carbons (Fsp3) is 0.300. The summed E-state index contributed by atoms with van der Waals surface area (Å²) in [5, 5.41) is 1.10. The van der Waals surface area contributed by atoms with Gasteiger partial charge in [0, 0.05) is 6.07 Å². The molecule has 2 aromatic rings. The second-order valence-electron chi connectivity index (χ2n) is 2.91. The second-order valence-corrected chi connectivity index (χ2v) is 4.99. The predicted octanol–water partition coefficient (Wildman–Crippen LogP) is 3.34. The van der Waals surface area contributed by atoms with E-state index < -0.39 is 0 Å². The van der Waals surface area contributed by atoms with Gasteiger partial charge in [0.15, 0.2) is 0 Å². The second kappa shape index (κ2) is 3.79. The Balaban J connectivity index is 2.68. The Labute approximate surface area is 91.3 Å². The Bertz CT molecular complexity index is 423. The van der Waals surface area contributed by atoms with Gasteiger partial charge in [0.25, 0.3) is 0 Å². The summed E-state index contributed by atoms with van der Waals surface area (Å²) in [6.07, 6.45) is 2.04. The van der Waals surface area contributed by atoms with Gasteiger partial charge in [0.1, 0.15) is 5.75 Å². The summed E-state index contributed by atoms with van der Waals surface area (Å²) in [6.45, 7) is 2.02. The fourth-order valence-corrected chi connectivity index (χ4v) is 2.78. The van der Waals surface area contributed by atoms with Crippen LogP contribution < -0.4 is 4.74 Å². The summed E-state index contributed by atoms with van der Waals surface area (Å²) >= 11 is 3.38. The van der Waals surface area contributed by atoms with Gasteiger partial charge < -0.3 is 4.74 Å². The molecule has 0 aliphatic heterocycles. The number of hydrogen-bond acceptors (Lipinski definition) is 4. The summed E-state index contributed by atoms with van der Waals surface area (Å²) in [6, 6.07) is 4.15. The van der Waals surface area contributed by atoms with Crippen LogP contribution in [-0.2, 0) is 0 Å². The molecule has 0 fully saturated rings. The maximum atomic E-state index is 5.31. The minimum Gasteiger partial charge on any atom is -0.496 e. The molecule has 0 aliphatic rings. The van der Waals surface area contributed by atoms with Crippen LogP contribution in [0.25, 0.3) is 10.2 Å². The fourth-order valence-electron chi connectivity index (χ4n) is 1.37. The highest BCUT2D eigenvalue weighted by Crippen LogP contribution is 2.34. The van der Waals surface area contributed by atoms with Crippen LogP contribution in [0.1, 0.15) is 5.01 Å². The number of aryl methyl sites for hydroxylation is 1. The Hall–Kier alpha value is -0.740. The zero-order chi connectivity index (χ0) is 10.1. The molecule has 74 valence electrons. The van der Waals surface area contributed by atoms with E-state index >= 15 is 0 Å². The first-order valence-corrected chi connectivity index (χ1v) is 6.28. The molecular formula is C10H11NOS2. The van der Waals surface area contributed by atoms with Crippen molar-refractivity contribution in [2.45, 2.75) is 11.8 Å². The summed E-state index contributed by atoms with van der Waals surface area (Å²) in [5.74, 6) is 0.939. The van der Waals surface area contributed by atoms with E-state index in [1.54, 1.807) is 30.2 Å². The van der Waals surface area contributed by atoms with Gasteiger partial charge in [0.2, 0.25) is 0 Å². The standard InChI is InChI=1S/C10H11NOS2/c1-6-11-7-4-10(13-3)8(12-2)5-9(7)14-6/h4-5H,1-3H3. The van der Waals surface area contributed by atoms with E-state index in [1.807, 2.05) is 13.2 Å². The van der Waals surface area contributed by atoms with Crippen molar-refractivity contribution in [2.75, 3.05) is 13.4 Å². The molecule has 0 spiro atoms. The first-order chi connectivity index (χ1) is 6.74. The minimum atomic E-state index is 0.939. The first kappa shape index (κ1) is 9.80. The average Bonchev–Trinajstić information content (AvgIpc) is 2.54. The molecule has 0 N–H and O–H groups in total. The Morgan fingerprint density at radius 3 is 2.86 bits per heavy atom. The largest absolute Gasteiger partial charge is 0.496 e. The predicted molar refractivity (Wildman–Crippen MR) is 62.7 cm³/mol. The quantitative estimate of drug-likeness (QED) is 0.732. The van der Waals surface area contributed by atoms with Crippen LogP contribution in [0.3, 0.4) is 0 Å². The molecule has 1 heterocycles. The van der Waals surface area contributed by atoms with Gasteiger partial charge in [-0.2, -0.15) is 0 Å². The van der Waals surface area contributed by atoms with E-state index in [0.717, 1.165) is 21.2 Å². The van der Waals surface area contributed by atoms with Crippen molar-refractivity contribution >= 4 is 33.3 Å². The van der Waals surface area contributed by atoms with Crippen LogP contribution >= 0.6 is 23.1 Å². The van der Waals surface area contributed by atoms with Crippen molar-refractivity contribution in [3.05, 3.63) is 17.1 Å². The summed E-state index contributed by atoms with van der Waals surface area (Å²) in [5.41, 5.74) is 1.07. The van der Waals surface area contributed by atoms with Gasteiger partial charge >= 0.3 is 0 Å². The monoisotopic (exact) mass is 225 g/mol. The number of thioether (sulfide) groups is 1. The molecule has 0 saturated heterocycles. The molecular weight excluding hydrogens is 214 g/mol. The van der Waals surface area contributed by atoms with E-state index in [1.165, 1.54) is 4.70 Å². The number of rotatable bonds is 2. The number of aromatic nitrogens is 1. The number of methoxy groups -OCH3 is 1. The van der Waals surface area contributed by atoms with Gasteiger partial charge in [-0.25, -0.2) is 4.98 Å². The van der Waals surface area contributed by atoms with E-state index in [2.05, 4.69) is 17.1 Å². The number of hydrogen-bond donors (Lipinski definition) is 0. The molecule has 0 saturated carbocycles. The number of ether oxygens (including phenoxy) is 1. The van der Waals surface area contributed by atoms with Crippen LogP contribution in [0.2, 0.25) is 0 Å². The van der Waals surface area contributed by atoms with Gasteiger partial charge in [-0.15, -0.1) is 23.1 Å². The lowest BCUT2D eigenvalue weighted by Crippen LogP contribution is -1.85. The number of nitrogens with zero attached hydrogens (tertiary/aromatic N) is 1. The molecule has 0 aliphatic carbocycles. The lowest BCUT2D eigenvalue weighted by Gasteiger charge is -2.04. The van der Waals surface area contributed by atoms with Crippen LogP contribution in [0, 0.1) is 6.92 Å². The highest BCUT2D eigenvalue weighted by molar-refractivity contribution is 7.98. The Kier molecular flexibility index (Phi) is 2.65. The molecule has 2 rings (SSSR count). The maximum Gasteiger partial charge on any atom is 0.133 e. The van der Waals surface area contributed by atoms with Gasteiger partial charge in [-0.3, -0.25) is 0 Å². The van der Waals surface area contributed by atoms with E-state index in [4.69, 9.17) is 4.74 Å². The van der Waals surface area contributed by atoms with Crippen molar-refractivity contribution < 1.29 is 4.74 Å². The Morgan fingerprint density at radius 1 is 1.43 bits per heavy atom. The van der Waals surface area contributed by atoms with Gasteiger partial charge in [-0.1, -0.05) is 0 Å². The molecule has 2 nitrogen and oxygen atoms in total. The van der Waals surface area contributed by atoms with Crippen LogP contribution in [0.15, 0.2) is 17.0 Å². The normalized spacial score (nSPS) is 10.8. The van der Waals surface area contributed by atoms with Gasteiger partial charge in [0.05, 0.1) is 27.2 Å². The molecule has 4 heteroatoms. The lowest BCUT2D eigenvalue weighted by atomic mass is 10.3. The molecule has 14 heavy (non-hydrogen) atoms. The smallest absolute Gasteiger partial charge is 0.133 e. The molecule has 0 atom stereocenters. The summed E-state index contributed by atoms with van der Waals surface area (Å²) in [7, 11) is 1.70. The van der Waals surface area contributed by atoms with E-state index in [0.29, 0.717) is 0 Å². The lowest BCUT2D eigenvalue weighted by molar-refractivity contribution is 0.405. The zero-order valence-corrected chi connectivity index (χ0v) is 9.96. The minimum absolute atomic E-state index is 0.939. The SMILES string of the molecule is COc1cc2sc(C)nc2cc1SC. The maximum absolute atomic E-state index is 5.31. The van der Waals surface area contributed by atoms with Crippen molar-refractivity contribution in [3.63, 3.8) is 0 Å². The third-order valence-corrected chi connectivity index (χ3v) is 3.69. The molecule has 0 amide bonds. The highest BCUT2D eigenvalue weighted by Gasteiger charge is 2.07. The molecule has 0 bridgehead atoms. The van der Waals surface area contributed by atoms with Gasteiger partial charge in [-0.05, 0) is 19.2 Å². The third kappa shape index (κ3) is 1.60. The van der Waals surface area contributed by atoms with Crippen molar-refractivity contribution in [1.82, 2.24) is 4.98 Å². The summed E-state index contributed by atoms with van der Waals surface area (Å²) in [4.78, 5) is 5.59. The molecule has 1 aromatic heterocycles. The topological polar surface area (TPSA) is 22.1 Å². The van der Waals surface area contributed by atoms with E-state index in [9.17, 15) is 0 Å². The third-order valence-electron chi connectivity index (χ3n) is 2.00. The van der Waals surface area contributed by atoms with Crippen molar-refractivity contribution in [3.8, 4) is 5.75 Å². The molecule has 0 radical (unpaired) electrons. The van der Waals surface area contributed by atoms with Crippen molar-refractivity contribution in [2.24, 2.45) is 0 Å². The number of fused-ring (bicyclic) bond motifs is 1. The first-order valence-electron chi connectivity index (χ1n) is 4.23. The average molecular weight is 225 g/mol. The van der Waals surface area contributed by atoms with E-state index in [-0.39, 0.29) is 0 Å². The molecule has 0 unspecified atom stereocenters. The van der Waals surface area contributed by atoms with Crippen LogP contribution in [0.4, 0.5) is 0 Å². The number of benzene rings is 1. The summed E-state index contributed by atoms with van der Waals surface area (Å²) < 4.78 is 6.50. The number of thiazole rings is 1. The van der Waals surface area contributed by atoms with Crippen LogP contribution in [0.5, 0.6) is 5.75 Å². The van der Waals surface area contributed by atoms with Crippen LogP contribution in [-0.4, -0.2) is 18.3 Å². The zero-order valence-electron chi connectivity index (χ0n) is 8.33. The Morgan fingerprint density at radius 2 is 2.21 bits per heavy atom. The van der Waals surface area contributed by atoms with Crippen molar-refractivity contribution in [1.29, 1.82) is 0 Å².